The quantitative estimate of drug-likeness (QED) is 0.660. The van der Waals surface area contributed by atoms with Gasteiger partial charge in [0.05, 0.1) is 0 Å². The van der Waals surface area contributed by atoms with Crippen molar-refractivity contribution in [2.75, 3.05) is 36.8 Å². The van der Waals surface area contributed by atoms with E-state index < -0.39 is 0 Å². The van der Waals surface area contributed by atoms with Gasteiger partial charge >= 0.3 is 6.03 Å². The van der Waals surface area contributed by atoms with Gasteiger partial charge in [0.25, 0.3) is 5.91 Å². The SMILES string of the molecule is CCNCC1CCN(C(=O)c2ccc(NC(=O)Nc3ccccc3)cc2)CC1.Cl. The molecule has 1 aliphatic rings. The summed E-state index contributed by atoms with van der Waals surface area (Å²) in [4.78, 5) is 26.7. The number of urea groups is 1. The normalized spacial score (nSPS) is 14.0. The fraction of sp³-hybridized carbons (Fsp3) is 0.364. The molecule has 3 rings (SSSR count). The molecule has 0 atom stereocenters. The van der Waals surface area contributed by atoms with Crippen LogP contribution in [0.15, 0.2) is 54.6 Å². The molecule has 1 saturated heterocycles. The van der Waals surface area contributed by atoms with Gasteiger partial charge in [0, 0.05) is 30.0 Å². The number of para-hydroxylation sites is 1. The van der Waals surface area contributed by atoms with Crippen LogP contribution in [0, 0.1) is 5.92 Å². The van der Waals surface area contributed by atoms with Crippen LogP contribution in [0.4, 0.5) is 16.2 Å². The van der Waals surface area contributed by atoms with Crippen molar-refractivity contribution >= 4 is 35.7 Å². The number of halogens is 1. The van der Waals surface area contributed by atoms with Gasteiger partial charge in [-0.3, -0.25) is 4.79 Å². The summed E-state index contributed by atoms with van der Waals surface area (Å²) in [6, 6.07) is 16.0. The van der Waals surface area contributed by atoms with Crippen LogP contribution in [-0.2, 0) is 0 Å². The highest BCUT2D eigenvalue weighted by Crippen LogP contribution is 2.19. The van der Waals surface area contributed by atoms with Gasteiger partial charge in [-0.1, -0.05) is 25.1 Å². The Morgan fingerprint density at radius 3 is 2.10 bits per heavy atom. The molecule has 1 aliphatic heterocycles. The molecule has 0 aromatic heterocycles. The summed E-state index contributed by atoms with van der Waals surface area (Å²) in [5, 5.41) is 8.93. The molecule has 29 heavy (non-hydrogen) atoms. The van der Waals surface area contributed by atoms with Gasteiger partial charge in [0.1, 0.15) is 0 Å². The van der Waals surface area contributed by atoms with E-state index in [1.54, 1.807) is 24.3 Å². The number of benzene rings is 2. The molecule has 0 aliphatic carbocycles. The fourth-order valence-corrected chi connectivity index (χ4v) is 3.38. The first kappa shape index (κ1) is 22.7. The number of carbonyl (C=O) groups excluding carboxylic acids is 2. The number of likely N-dealkylation sites (tertiary alicyclic amines) is 1. The molecule has 6 nitrogen and oxygen atoms in total. The predicted octanol–water partition coefficient (Wildman–Crippen LogP) is 4.21. The van der Waals surface area contributed by atoms with E-state index in [-0.39, 0.29) is 24.3 Å². The second kappa shape index (κ2) is 11.4. The van der Waals surface area contributed by atoms with Gasteiger partial charge in [-0.2, -0.15) is 0 Å². The molecule has 0 saturated carbocycles. The van der Waals surface area contributed by atoms with Crippen molar-refractivity contribution in [3.05, 3.63) is 60.2 Å². The van der Waals surface area contributed by atoms with E-state index in [9.17, 15) is 9.59 Å². The van der Waals surface area contributed by atoms with Crippen molar-refractivity contribution in [2.45, 2.75) is 19.8 Å². The summed E-state index contributed by atoms with van der Waals surface area (Å²) >= 11 is 0. The maximum absolute atomic E-state index is 12.7. The highest BCUT2D eigenvalue weighted by atomic mass is 35.5. The Balaban J connectivity index is 0.00000300. The Morgan fingerprint density at radius 2 is 1.52 bits per heavy atom. The van der Waals surface area contributed by atoms with Crippen molar-refractivity contribution in [1.29, 1.82) is 0 Å². The highest BCUT2D eigenvalue weighted by molar-refractivity contribution is 6.00. The van der Waals surface area contributed by atoms with Gasteiger partial charge in [-0.15, -0.1) is 12.4 Å². The molecule has 7 heteroatoms. The molecule has 3 amide bonds. The summed E-state index contributed by atoms with van der Waals surface area (Å²) < 4.78 is 0. The lowest BCUT2D eigenvalue weighted by atomic mass is 9.96. The van der Waals surface area contributed by atoms with Crippen molar-refractivity contribution in [2.24, 2.45) is 5.92 Å². The molecule has 2 aromatic rings. The first-order chi connectivity index (χ1) is 13.7. The number of hydrogen-bond acceptors (Lipinski definition) is 3. The van der Waals surface area contributed by atoms with Gasteiger partial charge in [0.15, 0.2) is 0 Å². The molecule has 0 unspecified atom stereocenters. The Hall–Kier alpha value is -2.57. The van der Waals surface area contributed by atoms with E-state index in [1.165, 1.54) is 0 Å². The van der Waals surface area contributed by atoms with Crippen LogP contribution in [0.2, 0.25) is 0 Å². The molecule has 1 fully saturated rings. The number of nitrogens with zero attached hydrogens (tertiary/aromatic N) is 1. The molecular formula is C22H29ClN4O2. The van der Waals surface area contributed by atoms with Gasteiger partial charge in [-0.25, -0.2) is 4.79 Å². The van der Waals surface area contributed by atoms with E-state index in [1.807, 2.05) is 35.2 Å². The Morgan fingerprint density at radius 1 is 0.931 bits per heavy atom. The van der Waals surface area contributed by atoms with Gasteiger partial charge < -0.3 is 20.9 Å². The van der Waals surface area contributed by atoms with Gasteiger partial charge in [-0.05, 0) is 68.2 Å². The first-order valence-electron chi connectivity index (χ1n) is 9.89. The Kier molecular flexibility index (Phi) is 8.96. The summed E-state index contributed by atoms with van der Waals surface area (Å²) in [7, 11) is 0. The third-order valence-corrected chi connectivity index (χ3v) is 5.01. The smallest absolute Gasteiger partial charge is 0.323 e. The lowest BCUT2D eigenvalue weighted by Gasteiger charge is -2.32. The summed E-state index contributed by atoms with van der Waals surface area (Å²) in [5.41, 5.74) is 2.03. The van der Waals surface area contributed by atoms with E-state index in [0.29, 0.717) is 17.2 Å². The van der Waals surface area contributed by atoms with Crippen molar-refractivity contribution in [1.82, 2.24) is 10.2 Å². The van der Waals surface area contributed by atoms with E-state index in [0.717, 1.165) is 44.7 Å². The number of hydrogen-bond donors (Lipinski definition) is 3. The predicted molar refractivity (Wildman–Crippen MR) is 120 cm³/mol. The Bertz CT molecular complexity index is 775. The first-order valence-corrected chi connectivity index (χ1v) is 9.89. The third kappa shape index (κ3) is 6.76. The van der Waals surface area contributed by atoms with Crippen LogP contribution < -0.4 is 16.0 Å². The number of amides is 3. The van der Waals surface area contributed by atoms with E-state index >= 15 is 0 Å². The van der Waals surface area contributed by atoms with E-state index in [4.69, 9.17) is 0 Å². The largest absolute Gasteiger partial charge is 0.339 e. The second-order valence-corrected chi connectivity index (χ2v) is 7.07. The summed E-state index contributed by atoms with van der Waals surface area (Å²) in [5.74, 6) is 0.709. The minimum atomic E-state index is -0.312. The van der Waals surface area contributed by atoms with Crippen LogP contribution in [-0.4, -0.2) is 43.0 Å². The Labute approximate surface area is 178 Å². The second-order valence-electron chi connectivity index (χ2n) is 7.07. The summed E-state index contributed by atoms with van der Waals surface area (Å²) in [6.45, 7) is 5.73. The van der Waals surface area contributed by atoms with Crippen LogP contribution in [0.25, 0.3) is 0 Å². The zero-order valence-electron chi connectivity index (χ0n) is 16.7. The minimum absolute atomic E-state index is 0. The molecule has 0 radical (unpaired) electrons. The lowest BCUT2D eigenvalue weighted by molar-refractivity contribution is 0.0690. The van der Waals surface area contributed by atoms with Crippen LogP contribution in [0.1, 0.15) is 30.1 Å². The van der Waals surface area contributed by atoms with Crippen molar-refractivity contribution in [3.63, 3.8) is 0 Å². The highest BCUT2D eigenvalue weighted by Gasteiger charge is 2.23. The summed E-state index contributed by atoms with van der Waals surface area (Å²) in [6.07, 6.45) is 2.08. The van der Waals surface area contributed by atoms with Crippen LogP contribution >= 0.6 is 12.4 Å². The average molecular weight is 417 g/mol. The lowest BCUT2D eigenvalue weighted by Crippen LogP contribution is -2.40. The number of piperidine rings is 1. The maximum Gasteiger partial charge on any atom is 0.323 e. The number of anilines is 2. The molecule has 1 heterocycles. The van der Waals surface area contributed by atoms with Crippen molar-refractivity contribution < 1.29 is 9.59 Å². The molecule has 2 aromatic carbocycles. The minimum Gasteiger partial charge on any atom is -0.339 e. The number of nitrogens with one attached hydrogen (secondary N) is 3. The van der Waals surface area contributed by atoms with Crippen molar-refractivity contribution in [3.8, 4) is 0 Å². The number of carbonyl (C=O) groups is 2. The van der Waals surface area contributed by atoms with Gasteiger partial charge in [0.2, 0.25) is 0 Å². The molecule has 3 N–H and O–H groups in total. The molecule has 156 valence electrons. The molecule has 0 bridgehead atoms. The number of rotatable bonds is 6. The fourth-order valence-electron chi connectivity index (χ4n) is 3.38. The van der Waals surface area contributed by atoms with Crippen LogP contribution in [0.5, 0.6) is 0 Å². The maximum atomic E-state index is 12.7. The average Bonchev–Trinajstić information content (AvgIpc) is 2.73. The topological polar surface area (TPSA) is 73.5 Å². The van der Waals surface area contributed by atoms with Crippen LogP contribution in [0.3, 0.4) is 0 Å². The standard InChI is InChI=1S/C22H28N4O2.ClH/c1-2-23-16-17-12-14-26(15-13-17)21(27)18-8-10-20(11-9-18)25-22(28)24-19-6-4-3-5-7-19;/h3-11,17,23H,2,12-16H2,1H3,(H2,24,25,28);1H. The van der Waals surface area contributed by atoms with E-state index in [2.05, 4.69) is 22.9 Å². The monoisotopic (exact) mass is 416 g/mol. The molecular weight excluding hydrogens is 388 g/mol. The third-order valence-electron chi connectivity index (χ3n) is 5.01. The zero-order chi connectivity index (χ0) is 19.8. The molecule has 0 spiro atoms. The zero-order valence-corrected chi connectivity index (χ0v) is 17.5.